The highest BCUT2D eigenvalue weighted by molar-refractivity contribution is 6.00. The fourth-order valence-corrected chi connectivity index (χ4v) is 9.34. The number of ketones is 1. The van der Waals surface area contributed by atoms with Gasteiger partial charge in [0.05, 0.1) is 12.7 Å². The topological polar surface area (TPSA) is 323 Å². The number of Topliss-reactive ketones (excluding diaryl/α,β-unsaturated/α-hetero) is 1. The van der Waals surface area contributed by atoms with Crippen LogP contribution in [0.5, 0.6) is 0 Å². The predicted octanol–water partition coefficient (Wildman–Crippen LogP) is 2.94. The Morgan fingerprint density at radius 1 is 0.625 bits per heavy atom. The average Bonchev–Trinajstić information content (AvgIpc) is 3.87. The van der Waals surface area contributed by atoms with E-state index in [4.69, 9.17) is 5.11 Å². The number of hydrogen-bond donors (Lipinski definition) is 11. The lowest BCUT2D eigenvalue weighted by Crippen LogP contribution is -2.66. The van der Waals surface area contributed by atoms with E-state index < -0.39 is 112 Å². The van der Waals surface area contributed by atoms with Gasteiger partial charge in [0.25, 0.3) is 0 Å². The number of nitrogens with one attached hydrogen (secondary N) is 9. The molecule has 1 saturated heterocycles. The number of carbonyl (C=O) groups is 10. The van der Waals surface area contributed by atoms with Crippen LogP contribution in [0.2, 0.25) is 0 Å². The minimum atomic E-state index is -1.67. The van der Waals surface area contributed by atoms with Crippen molar-refractivity contribution in [2.75, 3.05) is 26.2 Å². The third kappa shape index (κ3) is 24.9. The molecular weight excluding hydrogens is 1030 g/mol. The lowest BCUT2D eigenvalue weighted by atomic mass is 9.92. The molecule has 10 atom stereocenters. The summed E-state index contributed by atoms with van der Waals surface area (Å²) >= 11 is 0. The molecule has 22 heteroatoms. The van der Waals surface area contributed by atoms with Crippen LogP contribution in [0.25, 0.3) is 0 Å². The van der Waals surface area contributed by atoms with Gasteiger partial charge in [-0.2, -0.15) is 0 Å². The molecule has 1 fully saturated rings. The van der Waals surface area contributed by atoms with Crippen molar-refractivity contribution >= 4 is 58.9 Å². The molecule has 0 unspecified atom stereocenters. The van der Waals surface area contributed by atoms with Gasteiger partial charge in [-0.15, -0.1) is 0 Å². The summed E-state index contributed by atoms with van der Waals surface area (Å²) in [5.74, 6) is -7.20. The Kier molecular flexibility index (Phi) is 31.8. The summed E-state index contributed by atoms with van der Waals surface area (Å²) in [4.78, 5) is 138. The third-order valence-corrected chi connectivity index (χ3v) is 15.0. The summed E-state index contributed by atoms with van der Waals surface area (Å²) in [5.41, 5.74) is -4.64. The Labute approximate surface area is 477 Å². The zero-order valence-corrected chi connectivity index (χ0v) is 51.5. The molecule has 0 spiro atoms. The second-order valence-corrected chi connectivity index (χ2v) is 24.4. The molecule has 460 valence electrons. The van der Waals surface area contributed by atoms with Crippen LogP contribution in [0.1, 0.15) is 201 Å². The van der Waals surface area contributed by atoms with Gasteiger partial charge in [-0.25, -0.2) is 0 Å². The van der Waals surface area contributed by atoms with Crippen LogP contribution >= 0.6 is 0 Å². The van der Waals surface area contributed by atoms with Crippen LogP contribution in [-0.4, -0.2) is 159 Å². The van der Waals surface area contributed by atoms with E-state index in [1.807, 2.05) is 13.8 Å². The predicted molar refractivity (Wildman–Crippen MR) is 308 cm³/mol. The zero-order chi connectivity index (χ0) is 61.3. The molecule has 1 aliphatic rings. The van der Waals surface area contributed by atoms with Crippen molar-refractivity contribution in [1.29, 1.82) is 0 Å². The van der Waals surface area contributed by atoms with Gasteiger partial charge in [0.1, 0.15) is 52.6 Å². The van der Waals surface area contributed by atoms with E-state index in [2.05, 4.69) is 54.8 Å². The van der Waals surface area contributed by atoms with Gasteiger partial charge in [-0.05, 0) is 105 Å². The van der Waals surface area contributed by atoms with Gasteiger partial charge < -0.3 is 63.0 Å². The summed E-state index contributed by atoms with van der Waals surface area (Å²) in [7, 11) is 0. The molecule has 1 aliphatic heterocycles. The number of amides is 9. The van der Waals surface area contributed by atoms with E-state index in [-0.39, 0.29) is 61.9 Å². The van der Waals surface area contributed by atoms with E-state index in [0.29, 0.717) is 45.3 Å². The SMILES string of the molecule is CCCCCCCC[C@@H](C)C(=O)N1CCC[C@H]1C(=O)N[C@H](C[C@@H](C)C[C@@H](O)CC(=O)CC)C(=O)N[C@@H](C)C(=O)NC(C)(C)C(=O)N[C@H](C(=O)N[C@@H](C(=O)NC(C)(C)C(=O)NC(C)(C)C(=O)N[C@H](C)CNCCO)[C@H](C)CC)C(C)C. The number of nitrogens with zero attached hydrogens (tertiary/aromatic N) is 1. The lowest BCUT2D eigenvalue weighted by Gasteiger charge is -2.35. The summed E-state index contributed by atoms with van der Waals surface area (Å²) in [6, 6.07) is -5.99. The quantitative estimate of drug-likeness (QED) is 0.0397. The molecular formula is C58H106N10O12. The lowest BCUT2D eigenvalue weighted by molar-refractivity contribution is -0.142. The Balaban J connectivity index is 3.22. The van der Waals surface area contributed by atoms with Gasteiger partial charge in [-0.1, -0.05) is 100 Å². The first-order valence-corrected chi connectivity index (χ1v) is 29.5. The highest BCUT2D eigenvalue weighted by atomic mass is 16.3. The van der Waals surface area contributed by atoms with Gasteiger partial charge in [-0.3, -0.25) is 47.9 Å². The molecule has 0 saturated carbocycles. The second-order valence-electron chi connectivity index (χ2n) is 24.4. The summed E-state index contributed by atoms with van der Waals surface area (Å²) in [5, 5.41) is 44.6. The van der Waals surface area contributed by atoms with E-state index in [0.717, 1.165) is 32.1 Å². The normalized spacial score (nSPS) is 17.3. The van der Waals surface area contributed by atoms with Crippen LogP contribution in [0.4, 0.5) is 0 Å². The third-order valence-electron chi connectivity index (χ3n) is 15.0. The Morgan fingerprint density at radius 2 is 1.20 bits per heavy atom. The molecule has 9 amide bonds. The largest absolute Gasteiger partial charge is 0.395 e. The molecule has 1 heterocycles. The van der Waals surface area contributed by atoms with Crippen LogP contribution < -0.4 is 47.9 Å². The highest BCUT2D eigenvalue weighted by Crippen LogP contribution is 2.24. The van der Waals surface area contributed by atoms with Crippen LogP contribution in [0, 0.1) is 23.7 Å². The van der Waals surface area contributed by atoms with Gasteiger partial charge in [0.15, 0.2) is 0 Å². The molecule has 0 radical (unpaired) electrons. The van der Waals surface area contributed by atoms with Crippen molar-refractivity contribution in [2.24, 2.45) is 23.7 Å². The number of hydrogen-bond acceptors (Lipinski definition) is 13. The number of unbranched alkanes of at least 4 members (excludes halogenated alkanes) is 5. The van der Waals surface area contributed by atoms with Crippen molar-refractivity contribution in [3.8, 4) is 0 Å². The average molecular weight is 1140 g/mol. The first-order chi connectivity index (χ1) is 37.2. The molecule has 0 aromatic heterocycles. The maximum absolute atomic E-state index is 14.1. The Bertz CT molecular complexity index is 2050. The van der Waals surface area contributed by atoms with Gasteiger partial charge >= 0.3 is 0 Å². The van der Waals surface area contributed by atoms with Gasteiger partial charge in [0.2, 0.25) is 53.2 Å². The van der Waals surface area contributed by atoms with Crippen molar-refractivity contribution in [1.82, 2.24) is 52.8 Å². The minimum absolute atomic E-state index is 0.0298. The zero-order valence-electron chi connectivity index (χ0n) is 51.5. The monoisotopic (exact) mass is 1130 g/mol. The maximum atomic E-state index is 14.1. The Morgan fingerprint density at radius 3 is 1.79 bits per heavy atom. The smallest absolute Gasteiger partial charge is 0.246 e. The van der Waals surface area contributed by atoms with Crippen molar-refractivity contribution in [3.63, 3.8) is 0 Å². The van der Waals surface area contributed by atoms with E-state index in [1.54, 1.807) is 46.4 Å². The first kappa shape index (κ1) is 72.8. The summed E-state index contributed by atoms with van der Waals surface area (Å²) in [6.07, 6.45) is 8.08. The Hall–Kier alpha value is -5.22. The van der Waals surface area contributed by atoms with E-state index in [1.165, 1.54) is 54.9 Å². The highest BCUT2D eigenvalue weighted by Gasteiger charge is 2.42. The minimum Gasteiger partial charge on any atom is -0.395 e. The number of rotatable bonds is 38. The molecule has 11 N–H and O–H groups in total. The van der Waals surface area contributed by atoms with Crippen LogP contribution in [0.15, 0.2) is 0 Å². The van der Waals surface area contributed by atoms with Gasteiger partial charge in [0, 0.05) is 44.4 Å². The van der Waals surface area contributed by atoms with E-state index >= 15 is 0 Å². The van der Waals surface area contributed by atoms with Crippen LogP contribution in [0.3, 0.4) is 0 Å². The van der Waals surface area contributed by atoms with E-state index in [9.17, 15) is 53.1 Å². The maximum Gasteiger partial charge on any atom is 0.246 e. The van der Waals surface area contributed by atoms with Crippen molar-refractivity contribution in [2.45, 2.75) is 260 Å². The first-order valence-electron chi connectivity index (χ1n) is 29.5. The molecule has 80 heavy (non-hydrogen) atoms. The number of likely N-dealkylation sites (tertiary alicyclic amines) is 1. The molecule has 22 nitrogen and oxygen atoms in total. The second kappa shape index (κ2) is 34.9. The fourth-order valence-electron chi connectivity index (χ4n) is 9.34. The number of aliphatic hydroxyl groups excluding tert-OH is 2. The molecule has 0 bridgehead atoms. The number of aliphatic hydroxyl groups is 2. The fraction of sp³-hybridized carbons (Fsp3) is 0.828. The van der Waals surface area contributed by atoms with Crippen molar-refractivity contribution in [3.05, 3.63) is 0 Å². The molecule has 1 rings (SSSR count). The van der Waals surface area contributed by atoms with Crippen LogP contribution in [-0.2, 0) is 47.9 Å². The molecule has 0 aromatic rings. The molecule has 0 aliphatic carbocycles. The molecule has 0 aromatic carbocycles. The summed E-state index contributed by atoms with van der Waals surface area (Å²) < 4.78 is 0. The standard InChI is InChI=1S/C58H106N10O12/c1-17-20-21-22-23-24-26-38(8)52(77)68-29-25-27-44(68)49(74)62-43(32-36(6)31-42(71)33-41(70)19-3)48(73)61-40(10)47(72)65-56(11,12)54(79)64-45(35(4)5)50(75)63-46(37(7)18-2)51(76)66-58(15,16)55(80)67-57(13,14)53(78)60-39(9)34-59-28-30-69/h35-40,42-46,59,69,71H,17-34H2,1-16H3,(H,60,78)(H,61,73)(H,62,74)(H,63,75)(H,64,79)(H,65,72)(H,66,76)(H,67,80)/t36-,37+,38+,39+,40-,42+,43+,44-,45-,46+/m0/s1. The summed E-state index contributed by atoms with van der Waals surface area (Å²) in [6.45, 7) is 27.5. The van der Waals surface area contributed by atoms with Crippen molar-refractivity contribution < 1.29 is 58.2 Å². The number of carbonyl (C=O) groups excluding carboxylic acids is 10.